The van der Waals surface area contributed by atoms with Crippen LogP contribution in [0.4, 0.5) is 10.1 Å². The van der Waals surface area contributed by atoms with E-state index in [9.17, 15) is 4.39 Å². The fourth-order valence-corrected chi connectivity index (χ4v) is 2.38. The Kier molecular flexibility index (Phi) is 4.55. The second-order valence-corrected chi connectivity index (χ2v) is 4.65. The zero-order chi connectivity index (χ0) is 13.0. The highest BCUT2D eigenvalue weighted by Gasteiger charge is 2.21. The van der Waals surface area contributed by atoms with Crippen molar-refractivity contribution in [1.29, 1.82) is 0 Å². The molecule has 1 unspecified atom stereocenters. The predicted octanol–water partition coefficient (Wildman–Crippen LogP) is 2.16. The van der Waals surface area contributed by atoms with E-state index >= 15 is 0 Å². The van der Waals surface area contributed by atoms with Crippen LogP contribution in [-0.4, -0.2) is 32.8 Å². The van der Waals surface area contributed by atoms with Crippen LogP contribution >= 0.6 is 0 Å². The van der Waals surface area contributed by atoms with Crippen LogP contribution in [0, 0.1) is 5.82 Å². The van der Waals surface area contributed by atoms with Crippen molar-refractivity contribution < 1.29 is 9.13 Å². The van der Waals surface area contributed by atoms with Gasteiger partial charge in [0.25, 0.3) is 0 Å². The van der Waals surface area contributed by atoms with E-state index in [2.05, 4.69) is 17.1 Å². The molecule has 0 aliphatic carbocycles. The van der Waals surface area contributed by atoms with Crippen molar-refractivity contribution in [2.75, 3.05) is 31.6 Å². The third-order valence-electron chi connectivity index (χ3n) is 3.34. The summed E-state index contributed by atoms with van der Waals surface area (Å²) in [5.74, 6) is -0.177. The Morgan fingerprint density at radius 3 is 3.06 bits per heavy atom. The standard InChI is InChI=1S/C14H21FN2O/c1-3-13-10-17(6-7-18-13)14-5-4-12(15)8-11(14)9-16-2/h4-5,8,13,16H,3,6-7,9-10H2,1-2H3. The van der Waals surface area contributed by atoms with Gasteiger partial charge in [-0.05, 0) is 37.2 Å². The number of hydrogen-bond donors (Lipinski definition) is 1. The topological polar surface area (TPSA) is 24.5 Å². The molecule has 0 spiro atoms. The van der Waals surface area contributed by atoms with E-state index in [0.29, 0.717) is 6.54 Å². The summed E-state index contributed by atoms with van der Waals surface area (Å²) < 4.78 is 19.0. The van der Waals surface area contributed by atoms with Gasteiger partial charge in [0.1, 0.15) is 5.82 Å². The van der Waals surface area contributed by atoms with Gasteiger partial charge in [-0.15, -0.1) is 0 Å². The van der Waals surface area contributed by atoms with Crippen LogP contribution in [0.2, 0.25) is 0 Å². The summed E-state index contributed by atoms with van der Waals surface area (Å²) >= 11 is 0. The van der Waals surface area contributed by atoms with Crippen molar-refractivity contribution in [2.45, 2.75) is 26.0 Å². The lowest BCUT2D eigenvalue weighted by Gasteiger charge is -2.35. The van der Waals surface area contributed by atoms with Crippen molar-refractivity contribution in [3.8, 4) is 0 Å². The Bertz CT molecular complexity index is 397. The molecule has 0 amide bonds. The summed E-state index contributed by atoms with van der Waals surface area (Å²) in [6.07, 6.45) is 1.30. The third kappa shape index (κ3) is 3.00. The van der Waals surface area contributed by atoms with Crippen LogP contribution in [-0.2, 0) is 11.3 Å². The van der Waals surface area contributed by atoms with Gasteiger partial charge in [0.15, 0.2) is 0 Å². The SMILES string of the molecule is CCC1CN(c2ccc(F)cc2CNC)CCO1. The number of anilines is 1. The van der Waals surface area contributed by atoms with Gasteiger partial charge >= 0.3 is 0 Å². The van der Waals surface area contributed by atoms with Gasteiger partial charge in [0.2, 0.25) is 0 Å². The number of morpholine rings is 1. The highest BCUT2D eigenvalue weighted by atomic mass is 19.1. The maximum atomic E-state index is 13.3. The van der Waals surface area contributed by atoms with Gasteiger partial charge in [0, 0.05) is 25.3 Å². The Hall–Kier alpha value is -1.13. The fraction of sp³-hybridized carbons (Fsp3) is 0.571. The molecule has 1 aromatic carbocycles. The largest absolute Gasteiger partial charge is 0.375 e. The van der Waals surface area contributed by atoms with Gasteiger partial charge in [-0.3, -0.25) is 0 Å². The first kappa shape index (κ1) is 13.3. The summed E-state index contributed by atoms with van der Waals surface area (Å²) in [6, 6.07) is 5.02. The van der Waals surface area contributed by atoms with Crippen LogP contribution in [0.25, 0.3) is 0 Å². The van der Waals surface area contributed by atoms with Crippen LogP contribution in [0.3, 0.4) is 0 Å². The number of rotatable bonds is 4. The quantitative estimate of drug-likeness (QED) is 0.888. The molecule has 2 rings (SSSR count). The third-order valence-corrected chi connectivity index (χ3v) is 3.34. The van der Waals surface area contributed by atoms with E-state index in [1.54, 1.807) is 6.07 Å². The second kappa shape index (κ2) is 6.16. The zero-order valence-electron chi connectivity index (χ0n) is 11.1. The molecular formula is C14H21FN2O. The summed E-state index contributed by atoms with van der Waals surface area (Å²) in [5.41, 5.74) is 2.13. The second-order valence-electron chi connectivity index (χ2n) is 4.65. The summed E-state index contributed by atoms with van der Waals surface area (Å²) in [5, 5.41) is 3.09. The number of halogens is 1. The molecule has 1 N–H and O–H groups in total. The van der Waals surface area contributed by atoms with E-state index in [-0.39, 0.29) is 11.9 Å². The number of nitrogens with zero attached hydrogens (tertiary/aromatic N) is 1. The van der Waals surface area contributed by atoms with E-state index in [4.69, 9.17) is 4.74 Å². The Labute approximate surface area is 108 Å². The Morgan fingerprint density at radius 1 is 1.50 bits per heavy atom. The van der Waals surface area contributed by atoms with Crippen LogP contribution in [0.5, 0.6) is 0 Å². The van der Waals surface area contributed by atoms with E-state index in [0.717, 1.165) is 37.4 Å². The van der Waals surface area contributed by atoms with Gasteiger partial charge in [0.05, 0.1) is 12.7 Å². The molecule has 0 bridgehead atoms. The molecule has 100 valence electrons. The van der Waals surface area contributed by atoms with Crippen molar-refractivity contribution in [2.24, 2.45) is 0 Å². The minimum absolute atomic E-state index is 0.177. The smallest absolute Gasteiger partial charge is 0.123 e. The average Bonchev–Trinajstić information content (AvgIpc) is 2.39. The maximum Gasteiger partial charge on any atom is 0.123 e. The van der Waals surface area contributed by atoms with Crippen molar-refractivity contribution >= 4 is 5.69 Å². The molecular weight excluding hydrogens is 231 g/mol. The lowest BCUT2D eigenvalue weighted by Crippen LogP contribution is -2.42. The highest BCUT2D eigenvalue weighted by molar-refractivity contribution is 5.54. The van der Waals surface area contributed by atoms with Crippen LogP contribution in [0.1, 0.15) is 18.9 Å². The molecule has 1 aliphatic heterocycles. The molecule has 18 heavy (non-hydrogen) atoms. The molecule has 3 nitrogen and oxygen atoms in total. The first-order chi connectivity index (χ1) is 8.74. The molecule has 1 aliphatic rings. The molecule has 1 fully saturated rings. The minimum atomic E-state index is -0.177. The van der Waals surface area contributed by atoms with Crippen molar-refractivity contribution in [3.63, 3.8) is 0 Å². The van der Waals surface area contributed by atoms with Crippen LogP contribution in [0.15, 0.2) is 18.2 Å². The molecule has 1 aromatic rings. The highest BCUT2D eigenvalue weighted by Crippen LogP contribution is 2.24. The molecule has 0 saturated carbocycles. The van der Waals surface area contributed by atoms with Crippen molar-refractivity contribution in [1.82, 2.24) is 5.32 Å². The van der Waals surface area contributed by atoms with Gasteiger partial charge in [-0.1, -0.05) is 6.92 Å². The number of benzene rings is 1. The van der Waals surface area contributed by atoms with Gasteiger partial charge < -0.3 is 15.0 Å². The average molecular weight is 252 g/mol. The normalized spacial score (nSPS) is 20.2. The Morgan fingerprint density at radius 2 is 2.33 bits per heavy atom. The first-order valence-corrected chi connectivity index (χ1v) is 6.54. The fourth-order valence-electron chi connectivity index (χ4n) is 2.38. The lowest BCUT2D eigenvalue weighted by molar-refractivity contribution is 0.0384. The summed E-state index contributed by atoms with van der Waals surface area (Å²) in [7, 11) is 1.88. The molecule has 0 aromatic heterocycles. The summed E-state index contributed by atoms with van der Waals surface area (Å²) in [6.45, 7) is 5.32. The maximum absolute atomic E-state index is 13.3. The van der Waals surface area contributed by atoms with Crippen LogP contribution < -0.4 is 10.2 Å². The number of hydrogen-bond acceptors (Lipinski definition) is 3. The Balaban J connectivity index is 2.20. The minimum Gasteiger partial charge on any atom is -0.375 e. The molecule has 1 atom stereocenters. The first-order valence-electron chi connectivity index (χ1n) is 6.54. The molecule has 1 saturated heterocycles. The van der Waals surface area contributed by atoms with E-state index < -0.39 is 0 Å². The molecule has 1 heterocycles. The monoisotopic (exact) mass is 252 g/mol. The van der Waals surface area contributed by atoms with Gasteiger partial charge in [-0.2, -0.15) is 0 Å². The zero-order valence-corrected chi connectivity index (χ0v) is 11.1. The lowest BCUT2D eigenvalue weighted by atomic mass is 10.1. The predicted molar refractivity (Wildman–Crippen MR) is 71.4 cm³/mol. The number of ether oxygens (including phenoxy) is 1. The number of nitrogens with one attached hydrogen (secondary N) is 1. The van der Waals surface area contributed by atoms with Gasteiger partial charge in [-0.25, -0.2) is 4.39 Å². The molecule has 4 heteroatoms. The van der Waals surface area contributed by atoms with E-state index in [1.165, 1.54) is 6.07 Å². The summed E-state index contributed by atoms with van der Waals surface area (Å²) in [4.78, 5) is 2.30. The van der Waals surface area contributed by atoms with E-state index in [1.807, 2.05) is 13.1 Å². The molecule has 0 radical (unpaired) electrons. The van der Waals surface area contributed by atoms with Crippen molar-refractivity contribution in [3.05, 3.63) is 29.6 Å².